The van der Waals surface area contributed by atoms with Crippen molar-refractivity contribution in [1.29, 1.82) is 0 Å². The number of piperazine rings is 1. The largest absolute Gasteiger partial charge is 0.492 e. The Labute approximate surface area is 187 Å². The molecule has 8 nitrogen and oxygen atoms in total. The molecule has 2 heterocycles. The van der Waals surface area contributed by atoms with Crippen molar-refractivity contribution in [3.8, 4) is 5.75 Å². The van der Waals surface area contributed by atoms with Crippen LogP contribution in [0, 0.1) is 0 Å². The van der Waals surface area contributed by atoms with E-state index in [0.29, 0.717) is 37.6 Å². The Morgan fingerprint density at radius 3 is 2.39 bits per heavy atom. The summed E-state index contributed by atoms with van der Waals surface area (Å²) in [7, 11) is 0. The lowest BCUT2D eigenvalue weighted by Crippen LogP contribution is -2.50. The molecule has 1 aromatic rings. The van der Waals surface area contributed by atoms with E-state index in [4.69, 9.17) is 16.3 Å². The van der Waals surface area contributed by atoms with Crippen molar-refractivity contribution in [2.45, 2.75) is 37.6 Å². The second-order valence-electron chi connectivity index (χ2n) is 8.45. The van der Waals surface area contributed by atoms with Crippen LogP contribution in [-0.4, -0.2) is 84.0 Å². The topological polar surface area (TPSA) is 82.2 Å². The maximum atomic E-state index is 12.7. The van der Waals surface area contributed by atoms with Gasteiger partial charge in [0, 0.05) is 50.7 Å². The lowest BCUT2D eigenvalue weighted by molar-refractivity contribution is -0.134. The summed E-state index contributed by atoms with van der Waals surface area (Å²) in [5, 5.41) is 3.54. The highest BCUT2D eigenvalue weighted by Crippen LogP contribution is 2.35. The Morgan fingerprint density at radius 1 is 1.03 bits per heavy atom. The van der Waals surface area contributed by atoms with Gasteiger partial charge >= 0.3 is 6.03 Å². The number of carbonyl (C=O) groups is 3. The van der Waals surface area contributed by atoms with Gasteiger partial charge in [0.25, 0.3) is 5.91 Å². The second kappa shape index (κ2) is 9.44. The third-order valence-corrected chi connectivity index (χ3v) is 6.72. The van der Waals surface area contributed by atoms with E-state index in [0.717, 1.165) is 38.2 Å². The summed E-state index contributed by atoms with van der Waals surface area (Å²) in [6, 6.07) is 6.94. The number of hydrogen-bond donors (Lipinski definition) is 1. The third kappa shape index (κ3) is 4.96. The lowest BCUT2D eigenvalue weighted by atomic mass is 9.98. The zero-order valence-electron chi connectivity index (χ0n) is 17.6. The van der Waals surface area contributed by atoms with Gasteiger partial charge in [0.1, 0.15) is 17.9 Å². The van der Waals surface area contributed by atoms with E-state index >= 15 is 0 Å². The van der Waals surface area contributed by atoms with Gasteiger partial charge < -0.3 is 15.0 Å². The van der Waals surface area contributed by atoms with Crippen LogP contribution >= 0.6 is 11.6 Å². The van der Waals surface area contributed by atoms with Crippen LogP contribution in [-0.2, 0) is 9.59 Å². The Bertz CT molecular complexity index is 817. The van der Waals surface area contributed by atoms with Crippen LogP contribution < -0.4 is 10.1 Å². The minimum atomic E-state index is -0.708. The summed E-state index contributed by atoms with van der Waals surface area (Å²) in [6.45, 7) is 4.36. The van der Waals surface area contributed by atoms with E-state index in [2.05, 4.69) is 10.2 Å². The normalized spacial score (nSPS) is 21.1. The first kappa shape index (κ1) is 21.9. The number of benzene rings is 1. The molecule has 0 atom stereocenters. The molecule has 9 heteroatoms. The van der Waals surface area contributed by atoms with Gasteiger partial charge in [-0.15, -0.1) is 0 Å². The molecule has 0 aromatic heterocycles. The van der Waals surface area contributed by atoms with Crippen molar-refractivity contribution in [3.05, 3.63) is 29.3 Å². The maximum absolute atomic E-state index is 12.7. The first-order valence-electron chi connectivity index (χ1n) is 11.0. The van der Waals surface area contributed by atoms with Crippen molar-refractivity contribution >= 4 is 29.4 Å². The van der Waals surface area contributed by atoms with E-state index in [1.165, 1.54) is 4.90 Å². The smallest absolute Gasteiger partial charge is 0.325 e. The fraction of sp³-hybridized carbons (Fsp3) is 0.591. The zero-order chi connectivity index (χ0) is 21.8. The van der Waals surface area contributed by atoms with Gasteiger partial charge in [-0.1, -0.05) is 24.4 Å². The summed E-state index contributed by atoms with van der Waals surface area (Å²) in [5.74, 6) is 0.622. The molecular weight excluding hydrogens is 420 g/mol. The minimum Gasteiger partial charge on any atom is -0.492 e. The molecule has 1 spiro atoms. The first-order chi connectivity index (χ1) is 15.0. The highest BCUT2D eigenvalue weighted by Gasteiger charge is 2.52. The molecule has 168 valence electrons. The van der Waals surface area contributed by atoms with E-state index in [-0.39, 0.29) is 30.8 Å². The predicted octanol–water partition coefficient (Wildman–Crippen LogP) is 2.12. The first-order valence-corrected chi connectivity index (χ1v) is 11.4. The quantitative estimate of drug-likeness (QED) is 0.646. The Morgan fingerprint density at radius 2 is 1.71 bits per heavy atom. The number of nitrogens with one attached hydrogen (secondary N) is 1. The highest BCUT2D eigenvalue weighted by atomic mass is 35.5. The van der Waals surface area contributed by atoms with Crippen LogP contribution in [0.25, 0.3) is 0 Å². The number of carbonyl (C=O) groups excluding carboxylic acids is 3. The molecule has 3 aliphatic rings. The van der Waals surface area contributed by atoms with Gasteiger partial charge in [0.15, 0.2) is 0 Å². The maximum Gasteiger partial charge on any atom is 0.325 e. The summed E-state index contributed by atoms with van der Waals surface area (Å²) >= 11 is 5.87. The Kier molecular flexibility index (Phi) is 6.67. The van der Waals surface area contributed by atoms with Crippen LogP contribution in [0.3, 0.4) is 0 Å². The molecule has 3 fully saturated rings. The molecule has 1 aromatic carbocycles. The van der Waals surface area contributed by atoms with Gasteiger partial charge in [0.2, 0.25) is 5.91 Å². The molecule has 4 rings (SSSR count). The van der Waals surface area contributed by atoms with Gasteiger partial charge in [-0.3, -0.25) is 19.4 Å². The highest BCUT2D eigenvalue weighted by molar-refractivity contribution is 6.30. The number of ether oxygens (including phenoxy) is 1. The third-order valence-electron chi connectivity index (χ3n) is 6.47. The lowest BCUT2D eigenvalue weighted by Gasteiger charge is -2.34. The van der Waals surface area contributed by atoms with Gasteiger partial charge in [-0.25, -0.2) is 4.79 Å². The van der Waals surface area contributed by atoms with E-state index < -0.39 is 5.54 Å². The number of urea groups is 1. The van der Waals surface area contributed by atoms with Gasteiger partial charge in [0.05, 0.1) is 0 Å². The molecule has 2 aliphatic heterocycles. The van der Waals surface area contributed by atoms with E-state index in [9.17, 15) is 14.4 Å². The molecule has 31 heavy (non-hydrogen) atoms. The zero-order valence-corrected chi connectivity index (χ0v) is 18.4. The molecule has 0 radical (unpaired) electrons. The number of amides is 4. The molecular formula is C22H29ClN4O4. The number of imide groups is 1. The SMILES string of the molecule is O=C(CCN1C(=O)NC2(CCCC2)C1=O)N1CCN(CCOc2ccc(Cl)cc2)CC1. The van der Waals surface area contributed by atoms with Crippen molar-refractivity contribution in [2.24, 2.45) is 0 Å². The second-order valence-corrected chi connectivity index (χ2v) is 8.89. The Balaban J connectivity index is 1.16. The van der Waals surface area contributed by atoms with Crippen molar-refractivity contribution in [2.75, 3.05) is 45.9 Å². The van der Waals surface area contributed by atoms with Crippen LogP contribution in [0.15, 0.2) is 24.3 Å². The van der Waals surface area contributed by atoms with E-state index in [1.54, 1.807) is 12.1 Å². The molecule has 1 aliphatic carbocycles. The van der Waals surface area contributed by atoms with Gasteiger partial charge in [-0.2, -0.15) is 0 Å². The molecule has 0 bridgehead atoms. The van der Waals surface area contributed by atoms with Crippen LogP contribution in [0.1, 0.15) is 32.1 Å². The number of nitrogens with zero attached hydrogens (tertiary/aromatic N) is 3. The molecule has 4 amide bonds. The average Bonchev–Trinajstić information content (AvgIpc) is 3.33. The molecule has 1 N–H and O–H groups in total. The predicted molar refractivity (Wildman–Crippen MR) is 116 cm³/mol. The van der Waals surface area contributed by atoms with E-state index in [1.807, 2.05) is 17.0 Å². The number of halogens is 1. The van der Waals surface area contributed by atoms with Crippen LogP contribution in [0.5, 0.6) is 5.75 Å². The van der Waals surface area contributed by atoms with Crippen LogP contribution in [0.2, 0.25) is 5.02 Å². The monoisotopic (exact) mass is 448 g/mol. The number of hydrogen-bond acceptors (Lipinski definition) is 5. The summed E-state index contributed by atoms with van der Waals surface area (Å²) in [4.78, 5) is 42.9. The summed E-state index contributed by atoms with van der Waals surface area (Å²) in [5.41, 5.74) is -0.708. The Hall–Kier alpha value is -2.32. The number of rotatable bonds is 7. The average molecular weight is 449 g/mol. The molecule has 1 saturated carbocycles. The van der Waals surface area contributed by atoms with Crippen molar-refractivity contribution in [1.82, 2.24) is 20.0 Å². The van der Waals surface area contributed by atoms with Crippen molar-refractivity contribution < 1.29 is 19.1 Å². The van der Waals surface area contributed by atoms with Gasteiger partial charge in [-0.05, 0) is 37.1 Å². The minimum absolute atomic E-state index is 0.00923. The standard InChI is InChI=1S/C22H29ClN4O4/c23-17-3-5-18(6-4-17)31-16-15-25-11-13-26(14-12-25)19(28)7-10-27-20(29)22(24-21(27)30)8-1-2-9-22/h3-6H,1-2,7-16H2,(H,24,30). The molecule has 2 saturated heterocycles. The summed E-state index contributed by atoms with van der Waals surface area (Å²) < 4.78 is 5.74. The fourth-order valence-corrected chi connectivity index (χ4v) is 4.73. The summed E-state index contributed by atoms with van der Waals surface area (Å²) in [6.07, 6.45) is 3.48. The van der Waals surface area contributed by atoms with Crippen molar-refractivity contribution in [3.63, 3.8) is 0 Å². The fourth-order valence-electron chi connectivity index (χ4n) is 4.61. The van der Waals surface area contributed by atoms with Crippen LogP contribution in [0.4, 0.5) is 4.79 Å². The molecule has 0 unspecified atom stereocenters.